The Morgan fingerprint density at radius 2 is 1.14 bits per heavy atom. The van der Waals surface area contributed by atoms with Gasteiger partial charge in [-0.05, 0) is 0 Å². The number of alkyl halides is 2. The molecule has 0 atom stereocenters. The number of halogens is 3. The molecule has 88 valence electrons. The molecule has 0 rings (SSSR count). The third kappa shape index (κ3) is 8.07. The van der Waals surface area contributed by atoms with Crippen molar-refractivity contribution in [3.63, 3.8) is 0 Å². The Morgan fingerprint density at radius 3 is 1.36 bits per heavy atom. The molecule has 0 radical (unpaired) electrons. The van der Waals surface area contributed by atoms with Gasteiger partial charge in [0.1, 0.15) is 0 Å². The standard InChI is InChI=1S/C4H9Cl2NO4S2.ClH/c5-1-3-12(8,9)7-13(10,11)4-2-6;/h7H,1-4H2;1H. The topological polar surface area (TPSA) is 80.3 Å². The van der Waals surface area contributed by atoms with Crippen LogP contribution in [-0.2, 0) is 20.0 Å². The monoisotopic (exact) mass is 305 g/mol. The number of hydrogen-bond acceptors (Lipinski definition) is 4. The third-order valence-electron chi connectivity index (χ3n) is 0.946. The largest absolute Gasteiger partial charge is 0.225 e. The van der Waals surface area contributed by atoms with Crippen LogP contribution in [0.1, 0.15) is 0 Å². The molecule has 0 amide bonds. The molecule has 5 nitrogen and oxygen atoms in total. The van der Waals surface area contributed by atoms with Gasteiger partial charge in [-0.3, -0.25) is 0 Å². The second kappa shape index (κ2) is 7.08. The fourth-order valence-corrected chi connectivity index (χ4v) is 4.32. The maximum absolute atomic E-state index is 10.9. The summed E-state index contributed by atoms with van der Waals surface area (Å²) in [6.07, 6.45) is 0. The van der Waals surface area contributed by atoms with Crippen LogP contribution in [0.25, 0.3) is 0 Å². The summed E-state index contributed by atoms with van der Waals surface area (Å²) in [5.74, 6) is -1.19. The molecule has 0 aromatic carbocycles. The molecular weight excluding hydrogens is 297 g/mol. The molecule has 0 aliphatic rings. The Balaban J connectivity index is 0. The second-order valence-corrected chi connectivity index (χ2v) is 6.80. The molecule has 0 fully saturated rings. The van der Waals surface area contributed by atoms with Gasteiger partial charge in [0.25, 0.3) is 0 Å². The summed E-state index contributed by atoms with van der Waals surface area (Å²) < 4.78 is 45.1. The molecular formula is C4H10Cl3NO4S2. The predicted octanol–water partition coefficient (Wildman–Crippen LogP) is 0.135. The van der Waals surface area contributed by atoms with Gasteiger partial charge in [0.15, 0.2) is 0 Å². The molecule has 10 heteroatoms. The number of sulfonamides is 2. The molecule has 0 aliphatic carbocycles. The lowest BCUT2D eigenvalue weighted by Gasteiger charge is -2.04. The van der Waals surface area contributed by atoms with E-state index in [0.717, 1.165) is 0 Å². The van der Waals surface area contributed by atoms with Crippen molar-refractivity contribution in [3.05, 3.63) is 0 Å². The SMILES string of the molecule is Cl.O=S(=O)(CCCl)NS(=O)(=O)CCCl. The number of hydrogen-bond donors (Lipinski definition) is 1. The molecule has 14 heavy (non-hydrogen) atoms. The van der Waals surface area contributed by atoms with Gasteiger partial charge in [-0.25, -0.2) is 16.8 Å². The van der Waals surface area contributed by atoms with Crippen molar-refractivity contribution in [1.82, 2.24) is 4.13 Å². The molecule has 0 aromatic rings. The zero-order chi connectivity index (χ0) is 10.5. The summed E-state index contributed by atoms with van der Waals surface area (Å²) in [6, 6.07) is 0. The first kappa shape index (κ1) is 17.1. The van der Waals surface area contributed by atoms with E-state index in [1.807, 2.05) is 0 Å². The minimum atomic E-state index is -3.84. The van der Waals surface area contributed by atoms with E-state index >= 15 is 0 Å². The maximum Gasteiger partial charge on any atom is 0.225 e. The smallest absolute Gasteiger partial charge is 0.211 e. The van der Waals surface area contributed by atoms with E-state index < -0.39 is 31.6 Å². The first-order valence-corrected chi connectivity index (χ1v) is 7.56. The molecule has 0 spiro atoms. The van der Waals surface area contributed by atoms with Crippen LogP contribution in [0, 0.1) is 0 Å². The van der Waals surface area contributed by atoms with E-state index in [4.69, 9.17) is 23.2 Å². The second-order valence-electron chi connectivity index (χ2n) is 2.10. The summed E-state index contributed by atoms with van der Waals surface area (Å²) in [4.78, 5) is 0. The molecule has 0 saturated heterocycles. The zero-order valence-corrected chi connectivity index (χ0v) is 10.9. The van der Waals surface area contributed by atoms with E-state index in [0.29, 0.717) is 0 Å². The summed E-state index contributed by atoms with van der Waals surface area (Å²) in [6.45, 7) is 0. The van der Waals surface area contributed by atoms with E-state index in [1.165, 1.54) is 4.13 Å². The van der Waals surface area contributed by atoms with Crippen molar-refractivity contribution in [2.24, 2.45) is 0 Å². The van der Waals surface area contributed by atoms with Crippen molar-refractivity contribution in [2.45, 2.75) is 0 Å². The van der Waals surface area contributed by atoms with Crippen LogP contribution in [-0.4, -0.2) is 40.1 Å². The van der Waals surface area contributed by atoms with Crippen LogP contribution in [0.15, 0.2) is 0 Å². The van der Waals surface area contributed by atoms with Gasteiger partial charge in [0.05, 0.1) is 11.5 Å². The minimum Gasteiger partial charge on any atom is -0.211 e. The average Bonchev–Trinajstić information content (AvgIpc) is 1.82. The summed E-state index contributed by atoms with van der Waals surface area (Å²) in [5, 5.41) is 0. The third-order valence-corrected chi connectivity index (χ3v) is 5.29. The fourth-order valence-electron chi connectivity index (χ4n) is 0.480. The molecule has 0 aliphatic heterocycles. The number of rotatable bonds is 6. The van der Waals surface area contributed by atoms with Crippen LogP contribution in [0.2, 0.25) is 0 Å². The van der Waals surface area contributed by atoms with Crippen molar-refractivity contribution < 1.29 is 16.8 Å². The maximum atomic E-state index is 10.9. The van der Waals surface area contributed by atoms with E-state index in [9.17, 15) is 16.8 Å². The van der Waals surface area contributed by atoms with Gasteiger partial charge in [0, 0.05) is 11.8 Å². The van der Waals surface area contributed by atoms with Crippen molar-refractivity contribution in [3.8, 4) is 0 Å². The molecule has 0 bridgehead atoms. The summed E-state index contributed by atoms with van der Waals surface area (Å²) in [5.41, 5.74) is 0. The Morgan fingerprint density at radius 1 is 0.857 bits per heavy atom. The lowest BCUT2D eigenvalue weighted by Crippen LogP contribution is -2.35. The fraction of sp³-hybridized carbons (Fsp3) is 1.00. The van der Waals surface area contributed by atoms with Gasteiger partial charge in [-0.2, -0.15) is 0 Å². The van der Waals surface area contributed by atoms with E-state index in [2.05, 4.69) is 0 Å². The van der Waals surface area contributed by atoms with Gasteiger partial charge in [-0.15, -0.1) is 39.7 Å². The Hall–Kier alpha value is 0.730. The molecule has 0 heterocycles. The Bertz CT molecular complexity index is 304. The summed E-state index contributed by atoms with van der Waals surface area (Å²) in [7, 11) is -7.68. The Labute approximate surface area is 99.7 Å². The number of nitrogens with one attached hydrogen (secondary N) is 1. The van der Waals surface area contributed by atoms with Crippen LogP contribution in [0.4, 0.5) is 0 Å². The minimum absolute atomic E-state index is 0. The van der Waals surface area contributed by atoms with Crippen molar-refractivity contribution >= 4 is 55.7 Å². The van der Waals surface area contributed by atoms with Gasteiger partial charge < -0.3 is 0 Å². The van der Waals surface area contributed by atoms with Crippen LogP contribution in [0.3, 0.4) is 0 Å². The van der Waals surface area contributed by atoms with E-state index in [-0.39, 0.29) is 24.2 Å². The quantitative estimate of drug-likeness (QED) is 0.708. The van der Waals surface area contributed by atoms with Crippen molar-refractivity contribution in [1.29, 1.82) is 0 Å². The lowest BCUT2D eigenvalue weighted by molar-refractivity contribution is 0.578. The first-order chi connectivity index (χ1) is 5.83. The normalized spacial score (nSPS) is 12.1. The zero-order valence-electron chi connectivity index (χ0n) is 6.94. The van der Waals surface area contributed by atoms with Gasteiger partial charge in [-0.1, -0.05) is 0 Å². The van der Waals surface area contributed by atoms with Crippen molar-refractivity contribution in [2.75, 3.05) is 23.3 Å². The molecule has 0 unspecified atom stereocenters. The van der Waals surface area contributed by atoms with Gasteiger partial charge >= 0.3 is 0 Å². The lowest BCUT2D eigenvalue weighted by atomic mass is 11.0. The summed E-state index contributed by atoms with van der Waals surface area (Å²) >= 11 is 10.3. The highest BCUT2D eigenvalue weighted by molar-refractivity contribution is 8.04. The van der Waals surface area contributed by atoms with Crippen LogP contribution in [0.5, 0.6) is 0 Å². The van der Waals surface area contributed by atoms with E-state index in [1.54, 1.807) is 0 Å². The highest BCUT2D eigenvalue weighted by Gasteiger charge is 2.19. The van der Waals surface area contributed by atoms with Crippen LogP contribution < -0.4 is 4.13 Å². The highest BCUT2D eigenvalue weighted by atomic mass is 35.5. The van der Waals surface area contributed by atoms with Gasteiger partial charge in [0.2, 0.25) is 20.0 Å². The molecule has 0 aromatic heterocycles. The highest BCUT2D eigenvalue weighted by Crippen LogP contribution is 1.93. The molecule has 1 N–H and O–H groups in total. The molecule has 0 saturated carbocycles. The first-order valence-electron chi connectivity index (χ1n) is 3.19. The average molecular weight is 307 g/mol. The predicted molar refractivity (Wildman–Crippen MR) is 59.4 cm³/mol. The Kier molecular flexibility index (Phi) is 8.66. The van der Waals surface area contributed by atoms with Crippen LogP contribution >= 0.6 is 35.6 Å².